The molecule has 0 aliphatic carbocycles. The molecule has 3 rings (SSSR count). The predicted octanol–water partition coefficient (Wildman–Crippen LogP) is 3.55. The molecular formula is C20H25F3N4O2. The summed E-state index contributed by atoms with van der Waals surface area (Å²) in [6.45, 7) is 4.82. The third-order valence-corrected chi connectivity index (χ3v) is 5.28. The molecule has 0 saturated carbocycles. The van der Waals surface area contributed by atoms with E-state index in [0.717, 1.165) is 12.8 Å². The Morgan fingerprint density at radius 1 is 1.21 bits per heavy atom. The number of piperidine rings is 1. The molecule has 0 atom stereocenters. The number of rotatable bonds is 4. The topological polar surface area (TPSA) is 50.6 Å². The number of halogens is 3. The van der Waals surface area contributed by atoms with Crippen molar-refractivity contribution in [2.45, 2.75) is 39.1 Å². The molecule has 29 heavy (non-hydrogen) atoms. The van der Waals surface area contributed by atoms with Crippen LogP contribution in [0.2, 0.25) is 0 Å². The smallest absolute Gasteiger partial charge is 0.406 e. The fraction of sp³-hybridized carbons (Fsp3) is 0.500. The number of alkyl halides is 3. The number of aromatic nitrogens is 2. The van der Waals surface area contributed by atoms with Crippen LogP contribution in [0.3, 0.4) is 0 Å². The molecular weight excluding hydrogens is 385 g/mol. The lowest BCUT2D eigenvalue weighted by Crippen LogP contribution is -2.44. The lowest BCUT2D eigenvalue weighted by molar-refractivity contribution is -0.274. The molecule has 1 aliphatic heterocycles. The second kappa shape index (κ2) is 8.06. The van der Waals surface area contributed by atoms with Gasteiger partial charge in [0.1, 0.15) is 5.75 Å². The van der Waals surface area contributed by atoms with Crippen molar-refractivity contribution >= 4 is 5.91 Å². The lowest BCUT2D eigenvalue weighted by Gasteiger charge is -2.35. The second-order valence-corrected chi connectivity index (χ2v) is 7.49. The third-order valence-electron chi connectivity index (χ3n) is 5.28. The molecule has 0 unspecified atom stereocenters. The van der Waals surface area contributed by atoms with Gasteiger partial charge >= 0.3 is 6.36 Å². The SMILES string of the molecule is Cc1nn(-c2cccc(OC(F)(F)F)c2)c(C)c1C(=O)N1CCC(N(C)C)CC1. The molecule has 2 aromatic rings. The monoisotopic (exact) mass is 410 g/mol. The summed E-state index contributed by atoms with van der Waals surface area (Å²) >= 11 is 0. The molecule has 158 valence electrons. The average molecular weight is 410 g/mol. The number of nitrogens with zero attached hydrogens (tertiary/aromatic N) is 4. The van der Waals surface area contributed by atoms with Crippen LogP contribution in [-0.2, 0) is 0 Å². The molecule has 9 heteroatoms. The van der Waals surface area contributed by atoms with Gasteiger partial charge in [-0.3, -0.25) is 4.79 Å². The zero-order valence-corrected chi connectivity index (χ0v) is 17.0. The van der Waals surface area contributed by atoms with Crippen LogP contribution in [0.15, 0.2) is 24.3 Å². The van der Waals surface area contributed by atoms with Crippen LogP contribution in [0.5, 0.6) is 5.75 Å². The Hall–Kier alpha value is -2.55. The van der Waals surface area contributed by atoms with E-state index in [2.05, 4.69) is 14.7 Å². The number of likely N-dealkylation sites (tertiary alicyclic amines) is 1. The predicted molar refractivity (Wildman–Crippen MR) is 102 cm³/mol. The van der Waals surface area contributed by atoms with Gasteiger partial charge in [-0.05, 0) is 52.9 Å². The minimum absolute atomic E-state index is 0.0915. The second-order valence-electron chi connectivity index (χ2n) is 7.49. The summed E-state index contributed by atoms with van der Waals surface area (Å²) in [5.41, 5.74) is 2.03. The lowest BCUT2D eigenvalue weighted by atomic mass is 10.0. The molecule has 1 aromatic heterocycles. The number of carbonyl (C=O) groups is 1. The fourth-order valence-electron chi connectivity index (χ4n) is 3.76. The molecule has 0 spiro atoms. The molecule has 0 N–H and O–H groups in total. The number of benzene rings is 1. The van der Waals surface area contributed by atoms with Gasteiger partial charge in [0.05, 0.1) is 22.6 Å². The van der Waals surface area contributed by atoms with E-state index >= 15 is 0 Å². The van der Waals surface area contributed by atoms with Crippen LogP contribution >= 0.6 is 0 Å². The first-order valence-electron chi connectivity index (χ1n) is 9.45. The molecule has 0 bridgehead atoms. The highest BCUT2D eigenvalue weighted by Gasteiger charge is 2.32. The highest BCUT2D eigenvalue weighted by molar-refractivity contribution is 5.96. The Balaban J connectivity index is 1.84. The van der Waals surface area contributed by atoms with Gasteiger partial charge in [-0.1, -0.05) is 6.07 Å². The molecule has 1 saturated heterocycles. The van der Waals surface area contributed by atoms with Crippen LogP contribution in [-0.4, -0.2) is 65.1 Å². The Kier molecular flexibility index (Phi) is 5.88. The summed E-state index contributed by atoms with van der Waals surface area (Å²) in [4.78, 5) is 17.1. The number of carbonyl (C=O) groups excluding carboxylic acids is 1. The summed E-state index contributed by atoms with van der Waals surface area (Å²) in [6, 6.07) is 6.02. The average Bonchev–Trinajstić information content (AvgIpc) is 2.94. The molecule has 1 amide bonds. The van der Waals surface area contributed by atoms with Crippen LogP contribution < -0.4 is 4.74 Å². The summed E-state index contributed by atoms with van der Waals surface area (Å²) in [5, 5.41) is 4.40. The van der Waals surface area contributed by atoms with Gasteiger partial charge in [0, 0.05) is 25.2 Å². The molecule has 1 aromatic carbocycles. The van der Waals surface area contributed by atoms with E-state index in [-0.39, 0.29) is 11.7 Å². The van der Waals surface area contributed by atoms with Crippen molar-refractivity contribution in [2.75, 3.05) is 27.2 Å². The number of hydrogen-bond acceptors (Lipinski definition) is 4. The van der Waals surface area contributed by atoms with Gasteiger partial charge < -0.3 is 14.5 Å². The first-order chi connectivity index (χ1) is 13.6. The van der Waals surface area contributed by atoms with E-state index in [0.29, 0.717) is 41.8 Å². The van der Waals surface area contributed by atoms with Crippen LogP contribution in [0.4, 0.5) is 13.2 Å². The summed E-state index contributed by atoms with van der Waals surface area (Å²) in [7, 11) is 4.08. The molecule has 1 fully saturated rings. The zero-order chi connectivity index (χ0) is 21.3. The van der Waals surface area contributed by atoms with Crippen LogP contribution in [0.25, 0.3) is 5.69 Å². The Morgan fingerprint density at radius 2 is 1.86 bits per heavy atom. The van der Waals surface area contributed by atoms with E-state index in [1.807, 2.05) is 19.0 Å². The summed E-state index contributed by atoms with van der Waals surface area (Å²) in [5.74, 6) is -0.424. The largest absolute Gasteiger partial charge is 0.573 e. The molecule has 2 heterocycles. The third kappa shape index (κ3) is 4.72. The first-order valence-corrected chi connectivity index (χ1v) is 9.45. The van der Waals surface area contributed by atoms with E-state index in [4.69, 9.17) is 0 Å². The Bertz CT molecular complexity index is 884. The number of aryl methyl sites for hydroxylation is 1. The Morgan fingerprint density at radius 3 is 2.45 bits per heavy atom. The van der Waals surface area contributed by atoms with Gasteiger partial charge in [0.15, 0.2) is 0 Å². The standard InChI is InChI=1S/C20H25F3N4O2/c1-13-18(19(28)26-10-8-15(9-11-26)25(3)4)14(2)27(24-13)16-6-5-7-17(12-16)29-20(21,22)23/h5-7,12,15H,8-11H2,1-4H3. The summed E-state index contributed by atoms with van der Waals surface area (Å²) in [6.07, 6.45) is -2.96. The first kappa shape index (κ1) is 21.2. The Labute approximate surface area is 167 Å². The summed E-state index contributed by atoms with van der Waals surface area (Å²) < 4.78 is 43.0. The molecule has 0 radical (unpaired) electrons. The van der Waals surface area contributed by atoms with Crippen molar-refractivity contribution in [3.63, 3.8) is 0 Å². The highest BCUT2D eigenvalue weighted by atomic mass is 19.4. The van der Waals surface area contributed by atoms with Crippen molar-refractivity contribution in [1.82, 2.24) is 19.6 Å². The maximum Gasteiger partial charge on any atom is 0.573 e. The number of amides is 1. The van der Waals surface area contributed by atoms with Gasteiger partial charge in [0.2, 0.25) is 0 Å². The van der Waals surface area contributed by atoms with Crippen LogP contribution in [0, 0.1) is 13.8 Å². The van der Waals surface area contributed by atoms with Crippen LogP contribution in [0.1, 0.15) is 34.6 Å². The highest BCUT2D eigenvalue weighted by Crippen LogP contribution is 2.27. The van der Waals surface area contributed by atoms with E-state index in [1.54, 1.807) is 19.9 Å². The number of hydrogen-bond donors (Lipinski definition) is 0. The number of ether oxygens (including phenoxy) is 1. The quantitative estimate of drug-likeness (QED) is 0.774. The van der Waals surface area contributed by atoms with E-state index < -0.39 is 6.36 Å². The zero-order valence-electron chi connectivity index (χ0n) is 17.0. The van der Waals surface area contributed by atoms with Crippen molar-refractivity contribution in [3.8, 4) is 11.4 Å². The van der Waals surface area contributed by atoms with E-state index in [9.17, 15) is 18.0 Å². The van der Waals surface area contributed by atoms with E-state index in [1.165, 1.54) is 22.9 Å². The van der Waals surface area contributed by atoms with Crippen molar-refractivity contribution in [3.05, 3.63) is 41.2 Å². The van der Waals surface area contributed by atoms with Gasteiger partial charge in [-0.15, -0.1) is 13.2 Å². The molecule has 6 nitrogen and oxygen atoms in total. The van der Waals surface area contributed by atoms with Crippen molar-refractivity contribution in [1.29, 1.82) is 0 Å². The minimum atomic E-state index is -4.77. The van der Waals surface area contributed by atoms with Gasteiger partial charge in [0.25, 0.3) is 5.91 Å². The van der Waals surface area contributed by atoms with Gasteiger partial charge in [-0.25, -0.2) is 4.68 Å². The van der Waals surface area contributed by atoms with Gasteiger partial charge in [-0.2, -0.15) is 5.10 Å². The minimum Gasteiger partial charge on any atom is -0.406 e. The normalized spacial score (nSPS) is 15.8. The molecule has 1 aliphatic rings. The maximum atomic E-state index is 13.1. The van der Waals surface area contributed by atoms with Crippen molar-refractivity contribution < 1.29 is 22.7 Å². The fourth-order valence-corrected chi connectivity index (χ4v) is 3.76. The van der Waals surface area contributed by atoms with Crippen molar-refractivity contribution in [2.24, 2.45) is 0 Å². The maximum absolute atomic E-state index is 13.1.